The molecule has 2 heterocycles. The fourth-order valence-corrected chi connectivity index (χ4v) is 4.76. The first-order valence-corrected chi connectivity index (χ1v) is 11.3. The Kier molecular flexibility index (Phi) is 6.37. The van der Waals surface area contributed by atoms with Crippen molar-refractivity contribution in [2.24, 2.45) is 0 Å². The van der Waals surface area contributed by atoms with Crippen LogP contribution in [0.1, 0.15) is 16.7 Å². The van der Waals surface area contributed by atoms with Gasteiger partial charge in [0.15, 0.2) is 0 Å². The van der Waals surface area contributed by atoms with Gasteiger partial charge in [-0.25, -0.2) is 4.98 Å². The minimum atomic E-state index is -0.440. The maximum absolute atomic E-state index is 12.9. The van der Waals surface area contributed by atoms with Crippen LogP contribution >= 0.6 is 11.3 Å². The number of nitrogens with zero attached hydrogens (tertiary/aromatic N) is 2. The Morgan fingerprint density at radius 1 is 1.00 bits per heavy atom. The predicted octanol–water partition coefficient (Wildman–Crippen LogP) is 3.81. The van der Waals surface area contributed by atoms with E-state index in [4.69, 9.17) is 0 Å². The summed E-state index contributed by atoms with van der Waals surface area (Å²) in [6, 6.07) is 15.5. The molecule has 0 radical (unpaired) electrons. The van der Waals surface area contributed by atoms with Crippen LogP contribution in [0.4, 0.5) is 5.69 Å². The first kappa shape index (κ1) is 22.4. The highest BCUT2D eigenvalue weighted by molar-refractivity contribution is 7.21. The lowest BCUT2D eigenvalue weighted by Crippen LogP contribution is -2.37. The highest BCUT2D eigenvalue weighted by atomic mass is 32.1. The number of carbonyl (C=O) groups excluding carboxylic acids is 2. The third-order valence-corrected chi connectivity index (χ3v) is 6.37. The molecule has 0 saturated carbocycles. The van der Waals surface area contributed by atoms with Crippen LogP contribution in [0.3, 0.4) is 0 Å². The summed E-state index contributed by atoms with van der Waals surface area (Å²) in [7, 11) is 0. The molecule has 0 unspecified atom stereocenters. The zero-order valence-electron chi connectivity index (χ0n) is 18.6. The van der Waals surface area contributed by atoms with E-state index in [1.807, 2.05) is 63.2 Å². The molecule has 2 N–H and O–H groups in total. The fourth-order valence-electron chi connectivity index (χ4n) is 3.77. The second-order valence-corrected chi connectivity index (χ2v) is 9.00. The van der Waals surface area contributed by atoms with Crippen LogP contribution in [0.25, 0.3) is 20.7 Å². The third-order valence-electron chi connectivity index (χ3n) is 5.28. The molecule has 0 bridgehead atoms. The molecule has 0 aliphatic rings. The van der Waals surface area contributed by atoms with Crippen LogP contribution in [0.2, 0.25) is 0 Å². The van der Waals surface area contributed by atoms with E-state index >= 15 is 0 Å². The largest absolute Gasteiger partial charge is 0.345 e. The predicted molar refractivity (Wildman–Crippen MR) is 132 cm³/mol. The number of aromatic nitrogens is 2. The molecule has 0 aliphatic carbocycles. The van der Waals surface area contributed by atoms with Crippen LogP contribution < -0.4 is 16.2 Å². The molecule has 0 aliphatic heterocycles. The molecule has 0 saturated heterocycles. The maximum atomic E-state index is 12.9. The van der Waals surface area contributed by atoms with Gasteiger partial charge >= 0.3 is 0 Å². The second kappa shape index (κ2) is 9.38. The van der Waals surface area contributed by atoms with E-state index in [0.717, 1.165) is 32.8 Å². The minimum Gasteiger partial charge on any atom is -0.345 e. The Morgan fingerprint density at radius 2 is 1.70 bits per heavy atom. The second-order valence-electron chi connectivity index (χ2n) is 7.97. The maximum Gasteiger partial charge on any atom is 0.262 e. The number of thiophene rings is 1. The smallest absolute Gasteiger partial charge is 0.262 e. The summed E-state index contributed by atoms with van der Waals surface area (Å²) in [5.74, 6) is -0.770. The Balaban J connectivity index is 1.41. The van der Waals surface area contributed by atoms with Crippen molar-refractivity contribution in [3.63, 3.8) is 0 Å². The number of carbonyl (C=O) groups is 2. The molecule has 0 atom stereocenters. The molecule has 168 valence electrons. The van der Waals surface area contributed by atoms with Gasteiger partial charge in [-0.15, -0.1) is 11.3 Å². The standard InChI is InChI=1S/C25H24N4O3S/c1-15-9-16(2)23(17(3)10-15)28-21(30)12-26-22(31)13-29-14-27-24-19(25(29)32)11-20(33-24)18-7-5-4-6-8-18/h4-11,14H,12-13H2,1-3H3,(H,26,31)(H,28,30). The number of anilines is 1. The zero-order chi connectivity index (χ0) is 23.5. The van der Waals surface area contributed by atoms with Gasteiger partial charge in [-0.05, 0) is 43.5 Å². The minimum absolute atomic E-state index is 0.188. The van der Waals surface area contributed by atoms with Gasteiger partial charge < -0.3 is 10.6 Å². The van der Waals surface area contributed by atoms with Gasteiger partial charge in [0.1, 0.15) is 11.4 Å². The van der Waals surface area contributed by atoms with Crippen molar-refractivity contribution in [2.75, 3.05) is 11.9 Å². The van der Waals surface area contributed by atoms with Gasteiger partial charge in [-0.3, -0.25) is 19.0 Å². The van der Waals surface area contributed by atoms with Crippen molar-refractivity contribution in [3.05, 3.63) is 81.9 Å². The quantitative estimate of drug-likeness (QED) is 0.458. The molecule has 4 aromatic rings. The zero-order valence-corrected chi connectivity index (χ0v) is 19.5. The van der Waals surface area contributed by atoms with E-state index in [9.17, 15) is 14.4 Å². The van der Waals surface area contributed by atoms with Crippen molar-refractivity contribution in [1.29, 1.82) is 0 Å². The van der Waals surface area contributed by atoms with Crippen LogP contribution in [-0.4, -0.2) is 27.9 Å². The van der Waals surface area contributed by atoms with Crippen molar-refractivity contribution >= 4 is 39.1 Å². The molecule has 2 aromatic heterocycles. The van der Waals surface area contributed by atoms with Gasteiger partial charge in [0.2, 0.25) is 11.8 Å². The molecule has 0 spiro atoms. The van der Waals surface area contributed by atoms with E-state index in [0.29, 0.717) is 10.2 Å². The average molecular weight is 461 g/mol. The van der Waals surface area contributed by atoms with Crippen LogP contribution in [0.5, 0.6) is 0 Å². The van der Waals surface area contributed by atoms with Gasteiger partial charge in [-0.2, -0.15) is 0 Å². The number of benzene rings is 2. The van der Waals surface area contributed by atoms with Crippen molar-refractivity contribution in [2.45, 2.75) is 27.3 Å². The van der Waals surface area contributed by atoms with E-state index in [1.54, 1.807) is 6.07 Å². The molecule has 4 rings (SSSR count). The molecular formula is C25H24N4O3S. The van der Waals surface area contributed by atoms with Gasteiger partial charge in [0, 0.05) is 10.6 Å². The summed E-state index contributed by atoms with van der Waals surface area (Å²) < 4.78 is 1.26. The lowest BCUT2D eigenvalue weighted by molar-refractivity contribution is -0.124. The lowest BCUT2D eigenvalue weighted by atomic mass is 10.1. The molecule has 0 fully saturated rings. The van der Waals surface area contributed by atoms with Crippen molar-refractivity contribution in [1.82, 2.24) is 14.9 Å². The molecule has 33 heavy (non-hydrogen) atoms. The number of aryl methyl sites for hydroxylation is 3. The first-order valence-electron chi connectivity index (χ1n) is 10.5. The van der Waals surface area contributed by atoms with E-state index in [-0.39, 0.29) is 24.6 Å². The summed E-state index contributed by atoms with van der Waals surface area (Å²) in [5, 5.41) is 5.89. The SMILES string of the molecule is Cc1cc(C)c(NC(=O)CNC(=O)Cn2cnc3sc(-c4ccccc4)cc3c2=O)c(C)c1. The molecule has 8 heteroatoms. The number of amides is 2. The summed E-state index contributed by atoms with van der Waals surface area (Å²) in [5.41, 5.74) is 4.51. The Labute approximate surface area is 195 Å². The summed E-state index contributed by atoms with van der Waals surface area (Å²) in [4.78, 5) is 43.5. The van der Waals surface area contributed by atoms with Crippen LogP contribution in [0, 0.1) is 20.8 Å². The Hall–Kier alpha value is -3.78. The van der Waals surface area contributed by atoms with Gasteiger partial charge in [0.25, 0.3) is 5.56 Å². The van der Waals surface area contributed by atoms with Crippen molar-refractivity contribution < 1.29 is 9.59 Å². The Bertz CT molecular complexity index is 1380. The van der Waals surface area contributed by atoms with Gasteiger partial charge in [-0.1, -0.05) is 48.0 Å². The van der Waals surface area contributed by atoms with Gasteiger partial charge in [0.05, 0.1) is 18.3 Å². The molecule has 2 aromatic carbocycles. The molecule has 2 amide bonds. The monoisotopic (exact) mass is 460 g/mol. The van der Waals surface area contributed by atoms with Crippen molar-refractivity contribution in [3.8, 4) is 10.4 Å². The average Bonchev–Trinajstić information content (AvgIpc) is 3.23. The lowest BCUT2D eigenvalue weighted by Gasteiger charge is -2.13. The summed E-state index contributed by atoms with van der Waals surface area (Å²) in [6.45, 7) is 5.45. The third kappa shape index (κ3) is 5.01. The van der Waals surface area contributed by atoms with Crippen LogP contribution in [0.15, 0.2) is 59.7 Å². The number of nitrogens with one attached hydrogen (secondary N) is 2. The highest BCUT2D eigenvalue weighted by Crippen LogP contribution is 2.30. The van der Waals surface area contributed by atoms with E-state index < -0.39 is 5.91 Å². The summed E-state index contributed by atoms with van der Waals surface area (Å²) >= 11 is 1.43. The van der Waals surface area contributed by atoms with Crippen LogP contribution in [-0.2, 0) is 16.1 Å². The van der Waals surface area contributed by atoms with E-state index in [2.05, 4.69) is 15.6 Å². The fraction of sp³-hybridized carbons (Fsp3) is 0.200. The Morgan fingerprint density at radius 3 is 2.39 bits per heavy atom. The summed E-state index contributed by atoms with van der Waals surface area (Å²) in [6.07, 6.45) is 1.37. The number of fused-ring (bicyclic) bond motifs is 1. The topological polar surface area (TPSA) is 93.1 Å². The highest BCUT2D eigenvalue weighted by Gasteiger charge is 2.14. The molecular weight excluding hydrogens is 436 g/mol. The molecule has 7 nitrogen and oxygen atoms in total. The number of hydrogen-bond acceptors (Lipinski definition) is 5. The normalized spacial score (nSPS) is 10.9. The first-order chi connectivity index (χ1) is 15.8. The number of hydrogen-bond donors (Lipinski definition) is 2. The number of rotatable bonds is 6. The van der Waals surface area contributed by atoms with E-state index in [1.165, 1.54) is 22.2 Å².